The Labute approximate surface area is 500 Å². The van der Waals surface area contributed by atoms with Crippen LogP contribution in [-0.2, 0) is 68.5 Å². The molecule has 9 amide bonds. The molecule has 0 radical (unpaired) electrons. The molecule has 6 N–H and O–H groups in total. The number of halogens is 1. The van der Waals surface area contributed by atoms with Gasteiger partial charge >= 0.3 is 12.1 Å². The molecule has 4 heterocycles. The van der Waals surface area contributed by atoms with Gasteiger partial charge in [-0.05, 0) is 97.1 Å². The van der Waals surface area contributed by atoms with Crippen molar-refractivity contribution in [3.63, 3.8) is 0 Å². The Morgan fingerprint density at radius 2 is 1.54 bits per heavy atom. The molecule has 2 fully saturated rings. The summed E-state index contributed by atoms with van der Waals surface area (Å²) in [6, 6.07) is -0.416. The number of alkyl carbamates (subject to hydrolysis) is 1. The quantitative estimate of drug-likeness (QED) is 0.0266. The zero-order valence-electron chi connectivity index (χ0n) is 49.8. The number of benzene rings is 1. The fraction of sp³-hybridized carbons (Fsp3) is 0.621. The van der Waals surface area contributed by atoms with E-state index in [1.165, 1.54) is 82.7 Å². The molecule has 0 spiro atoms. The van der Waals surface area contributed by atoms with Crippen molar-refractivity contribution in [2.24, 2.45) is 5.92 Å². The predicted octanol–water partition coefficient (Wildman–Crippen LogP) is 3.88. The molecular weight excluding hydrogens is 1130 g/mol. The number of allylic oxidation sites excluding steroid dienone is 3. The smallest absolute Gasteiger partial charge is 0.409 e. The van der Waals surface area contributed by atoms with Crippen LogP contribution in [-0.4, -0.2) is 181 Å². The van der Waals surface area contributed by atoms with Gasteiger partial charge in [0, 0.05) is 65.1 Å². The van der Waals surface area contributed by atoms with Gasteiger partial charge in [-0.25, -0.2) is 9.59 Å². The van der Waals surface area contributed by atoms with Crippen LogP contribution in [0.3, 0.4) is 0 Å². The van der Waals surface area contributed by atoms with Gasteiger partial charge in [0.05, 0.1) is 31.2 Å². The number of methoxy groups -OCH3 is 2. The number of carbonyl (C=O) groups excluding carboxylic acids is 10. The molecular formula is C58H83ClN8O16S. The number of ether oxygens (including phenoxy) is 5. The Kier molecular flexibility index (Phi) is 25.2. The number of aliphatic hydroxyl groups is 1. The molecule has 0 saturated carbocycles. The molecule has 11 unspecified atom stereocenters. The number of epoxide rings is 1. The second-order valence-electron chi connectivity index (χ2n) is 22.0. The number of unbranched alkanes of at least 4 members (excludes halogenated alkanes) is 4. The molecule has 464 valence electrons. The maximum absolute atomic E-state index is 14.4. The van der Waals surface area contributed by atoms with Crippen molar-refractivity contribution in [2.45, 2.75) is 179 Å². The summed E-state index contributed by atoms with van der Waals surface area (Å²) in [6.45, 7) is 11.6. The highest BCUT2D eigenvalue weighted by Crippen LogP contribution is 2.49. The van der Waals surface area contributed by atoms with Crippen molar-refractivity contribution in [1.29, 1.82) is 0 Å². The minimum Gasteiger partial charge on any atom is -0.495 e. The molecule has 4 aliphatic rings. The fourth-order valence-electron chi connectivity index (χ4n) is 9.97. The number of hydrogen-bond acceptors (Lipinski definition) is 17. The minimum absolute atomic E-state index is 0.0968. The number of rotatable bonds is 25. The number of anilines is 1. The molecule has 4 aliphatic heterocycles. The van der Waals surface area contributed by atoms with Gasteiger partial charge < -0.3 is 59.9 Å². The van der Waals surface area contributed by atoms with Crippen LogP contribution >= 0.6 is 23.4 Å². The maximum Gasteiger partial charge on any atom is 0.409 e. The molecule has 2 saturated heterocycles. The zero-order valence-corrected chi connectivity index (χ0v) is 51.4. The first-order valence-corrected chi connectivity index (χ1v) is 29.8. The lowest BCUT2D eigenvalue weighted by Gasteiger charge is -2.42. The first kappa shape index (κ1) is 68.2. The highest BCUT2D eigenvalue weighted by molar-refractivity contribution is 7.99. The normalized spacial score (nSPS) is 24.7. The third-order valence-electron chi connectivity index (χ3n) is 15.5. The molecule has 26 heteroatoms. The summed E-state index contributed by atoms with van der Waals surface area (Å²) in [7, 11) is 5.93. The second kappa shape index (κ2) is 31.0. The largest absolute Gasteiger partial charge is 0.495 e. The van der Waals surface area contributed by atoms with E-state index in [1.54, 1.807) is 45.2 Å². The number of nitrogens with one attached hydrogen (secondary N) is 5. The van der Waals surface area contributed by atoms with Crippen LogP contribution in [0.5, 0.6) is 5.75 Å². The number of carbonyl (C=O) groups is 10. The lowest BCUT2D eigenvalue weighted by molar-refractivity contribution is -0.162. The topological polar surface area (TPSA) is 310 Å². The van der Waals surface area contributed by atoms with Gasteiger partial charge in [-0.15, -0.1) is 11.8 Å². The van der Waals surface area contributed by atoms with Gasteiger partial charge in [0.2, 0.25) is 35.4 Å². The Morgan fingerprint density at radius 3 is 2.19 bits per heavy atom. The molecule has 5 rings (SSSR count). The standard InChI is InChI=1S/C58H83ClN8O16S/c1-33-19-18-20-43(80-11)58(78)31-42(81-56(77)64-58)34(2)51-57(7,83-51)44(30-49(72)66(9)40-28-39(27-33)29-41(79-10)50(40)59)82-55(76)38(6)65(8)46(69)22-15-13-17-26-84-32-60-52(73)35(3)62-54(75)37(5)63-53(74)36(4)61-45(68)21-14-12-16-25-67-47(70)23-24-48(67)71/h18-20,23-24,28-29,34-38,42-44,51,78H,12-17,21-22,25-27,30-32H2,1-11H3,(H,60,73)(H,61,68)(H,62,75)(H,63,74)(H,64,77). The maximum atomic E-state index is 14.4. The van der Waals surface area contributed by atoms with Crippen molar-refractivity contribution in [3.05, 3.63) is 58.7 Å². The first-order chi connectivity index (χ1) is 39.6. The number of thioether (sulfide) groups is 1. The summed E-state index contributed by atoms with van der Waals surface area (Å²) < 4.78 is 29.5. The summed E-state index contributed by atoms with van der Waals surface area (Å²) in [5.74, 6) is -3.66. The number of hydrogen-bond donors (Lipinski definition) is 6. The van der Waals surface area contributed by atoms with Crippen LogP contribution in [0.1, 0.15) is 118 Å². The molecule has 11 atom stereocenters. The van der Waals surface area contributed by atoms with Gasteiger partial charge in [0.1, 0.15) is 58.9 Å². The molecule has 4 bridgehead atoms. The summed E-state index contributed by atoms with van der Waals surface area (Å²) in [4.78, 5) is 133. The highest BCUT2D eigenvalue weighted by atomic mass is 35.5. The van der Waals surface area contributed by atoms with Gasteiger partial charge in [0.25, 0.3) is 11.8 Å². The third-order valence-corrected chi connectivity index (χ3v) is 16.8. The van der Waals surface area contributed by atoms with E-state index in [2.05, 4.69) is 26.6 Å². The SMILES string of the molecule is COc1cc2cc(c1Cl)N(C)C(=O)CC(OC(=O)C(C)N(C)C(=O)CCCCCSCNC(=O)C(C)NC(=O)C(C)NC(=O)C(C)NC(=O)CCCCCN1C(=O)C=CC1=O)C1(C)OC1C(C)C1CC(O)(NC(=O)O1)C(OC)C=CC=C(C)C2. The van der Waals surface area contributed by atoms with Crippen LogP contribution in [0.4, 0.5) is 10.5 Å². The predicted molar refractivity (Wildman–Crippen MR) is 312 cm³/mol. The van der Waals surface area contributed by atoms with Gasteiger partial charge in [-0.2, -0.15) is 0 Å². The van der Waals surface area contributed by atoms with Gasteiger partial charge in [-0.3, -0.25) is 48.6 Å². The average Bonchev–Trinajstić information content (AvgIpc) is 1.77. The van der Waals surface area contributed by atoms with Crippen molar-refractivity contribution >= 4 is 88.4 Å². The monoisotopic (exact) mass is 1210 g/mol. The number of imide groups is 1. The molecule has 0 aromatic heterocycles. The van der Waals surface area contributed by atoms with E-state index in [9.17, 15) is 53.1 Å². The molecule has 1 aromatic carbocycles. The Balaban J connectivity index is 1.06. The van der Waals surface area contributed by atoms with Crippen molar-refractivity contribution in [1.82, 2.24) is 36.4 Å². The van der Waals surface area contributed by atoms with Crippen LogP contribution < -0.4 is 36.2 Å². The number of likely N-dealkylation sites (N-methyl/N-ethyl adjacent to an activating group) is 1. The van der Waals surface area contributed by atoms with Crippen LogP contribution in [0.25, 0.3) is 0 Å². The highest BCUT2D eigenvalue weighted by Gasteiger charge is 2.64. The number of esters is 1. The summed E-state index contributed by atoms with van der Waals surface area (Å²) in [5, 5.41) is 25.0. The molecule has 0 aliphatic carbocycles. The summed E-state index contributed by atoms with van der Waals surface area (Å²) in [5.41, 5.74) is -1.15. The molecule has 1 aromatic rings. The Bertz CT molecular complexity index is 2690. The van der Waals surface area contributed by atoms with Gasteiger partial charge in [0.15, 0.2) is 5.72 Å². The first-order valence-electron chi connectivity index (χ1n) is 28.3. The third kappa shape index (κ3) is 18.5. The van der Waals surface area contributed by atoms with Crippen molar-refractivity contribution in [3.8, 4) is 5.75 Å². The van der Waals surface area contributed by atoms with E-state index in [0.717, 1.165) is 16.0 Å². The van der Waals surface area contributed by atoms with Crippen LogP contribution in [0.2, 0.25) is 5.02 Å². The summed E-state index contributed by atoms with van der Waals surface area (Å²) >= 11 is 8.27. The minimum atomic E-state index is -1.88. The average molecular weight is 1220 g/mol. The number of amides is 9. The van der Waals surface area contributed by atoms with E-state index in [-0.39, 0.29) is 66.8 Å². The Hall–Kier alpha value is -6.54. The van der Waals surface area contributed by atoms with E-state index in [0.29, 0.717) is 62.1 Å². The van der Waals surface area contributed by atoms with E-state index < -0.39 is 102 Å². The van der Waals surface area contributed by atoms with E-state index in [1.807, 2.05) is 13.0 Å². The molecule has 84 heavy (non-hydrogen) atoms. The lowest BCUT2D eigenvalue weighted by Crippen LogP contribution is -2.63. The number of fused-ring (bicyclic) bond motifs is 5. The molecule has 24 nitrogen and oxygen atoms in total. The number of nitrogens with zero attached hydrogens (tertiary/aromatic N) is 3. The van der Waals surface area contributed by atoms with Crippen LogP contribution in [0.15, 0.2) is 48.1 Å². The fourth-order valence-corrected chi connectivity index (χ4v) is 11.1. The van der Waals surface area contributed by atoms with E-state index in [4.69, 9.17) is 35.3 Å². The Morgan fingerprint density at radius 1 is 0.905 bits per heavy atom. The zero-order chi connectivity index (χ0) is 62.2. The second-order valence-corrected chi connectivity index (χ2v) is 23.5. The van der Waals surface area contributed by atoms with Gasteiger partial charge in [-0.1, -0.05) is 55.2 Å². The summed E-state index contributed by atoms with van der Waals surface area (Å²) in [6.07, 6.45) is 6.62. The lowest BCUT2D eigenvalue weighted by atomic mass is 9.83. The van der Waals surface area contributed by atoms with Crippen molar-refractivity contribution in [2.75, 3.05) is 51.4 Å². The van der Waals surface area contributed by atoms with Crippen LogP contribution in [0, 0.1) is 5.92 Å². The van der Waals surface area contributed by atoms with E-state index >= 15 is 0 Å². The van der Waals surface area contributed by atoms with Crippen molar-refractivity contribution < 1.29 is 76.7 Å².